The second-order valence-corrected chi connectivity index (χ2v) is 9.02. The molecule has 0 aliphatic carbocycles. The highest BCUT2D eigenvalue weighted by Crippen LogP contribution is 2.25. The Morgan fingerprint density at radius 1 is 0.967 bits per heavy atom. The van der Waals surface area contributed by atoms with Gasteiger partial charge < -0.3 is 0 Å². The molecule has 7 nitrogen and oxygen atoms in total. The van der Waals surface area contributed by atoms with Crippen molar-refractivity contribution in [1.29, 1.82) is 0 Å². The lowest BCUT2D eigenvalue weighted by Crippen LogP contribution is -2.29. The largest absolute Gasteiger partial charge is 0.280 e. The molecule has 0 spiro atoms. The highest BCUT2D eigenvalue weighted by molar-refractivity contribution is 7.92. The Balaban J connectivity index is 1.55. The molecule has 0 bridgehead atoms. The van der Waals surface area contributed by atoms with Crippen LogP contribution >= 0.6 is 0 Å². The van der Waals surface area contributed by atoms with Crippen molar-refractivity contribution >= 4 is 27.5 Å². The van der Waals surface area contributed by atoms with Gasteiger partial charge in [-0.15, -0.1) is 0 Å². The maximum Gasteiger partial charge on any atom is 0.280 e. The third-order valence-corrected chi connectivity index (χ3v) is 6.82. The zero-order valence-corrected chi connectivity index (χ0v) is 17.3. The predicted octanol–water partition coefficient (Wildman–Crippen LogP) is 3.01. The fraction of sp³-hybridized carbons (Fsp3) is 0.136. The average molecular weight is 421 g/mol. The molecule has 4 rings (SSSR count). The number of carbonyl (C=O) groups is 2. The predicted molar refractivity (Wildman–Crippen MR) is 112 cm³/mol. The van der Waals surface area contributed by atoms with Gasteiger partial charge in [0, 0.05) is 13.2 Å². The lowest BCUT2D eigenvalue weighted by atomic mass is 10.2. The molecule has 152 valence electrons. The third-order valence-electron chi connectivity index (χ3n) is 5.02. The van der Waals surface area contributed by atoms with Crippen LogP contribution in [0.2, 0.25) is 0 Å². The van der Waals surface area contributed by atoms with Gasteiger partial charge in [0.15, 0.2) is 0 Å². The molecule has 1 aliphatic heterocycles. The van der Waals surface area contributed by atoms with Gasteiger partial charge in [-0.05, 0) is 54.4 Å². The van der Waals surface area contributed by atoms with E-state index >= 15 is 0 Å². The van der Waals surface area contributed by atoms with Crippen LogP contribution in [-0.4, -0.2) is 37.2 Å². The Labute approximate surface area is 174 Å². The Morgan fingerprint density at radius 2 is 1.70 bits per heavy atom. The van der Waals surface area contributed by atoms with Crippen LogP contribution in [0.4, 0.5) is 5.69 Å². The molecule has 2 amide bonds. The second-order valence-electron chi connectivity index (χ2n) is 7.05. The smallest absolute Gasteiger partial charge is 0.269 e. The van der Waals surface area contributed by atoms with E-state index in [1.165, 1.54) is 29.7 Å². The molecule has 0 unspecified atom stereocenters. The molecule has 0 saturated heterocycles. The number of carbonyl (C=O) groups excluding carboxylic acids is 2. The van der Waals surface area contributed by atoms with Crippen LogP contribution in [0.3, 0.4) is 0 Å². The number of aromatic nitrogens is 1. The lowest BCUT2D eigenvalue weighted by molar-refractivity contribution is 0.0640. The quantitative estimate of drug-likeness (QED) is 0.591. The zero-order chi connectivity index (χ0) is 21.5. The summed E-state index contributed by atoms with van der Waals surface area (Å²) in [7, 11) is -2.24. The minimum absolute atomic E-state index is 0.0437. The number of hydrogen-bond acceptors (Lipinski definition) is 5. The Kier molecular flexibility index (Phi) is 4.87. The minimum atomic E-state index is -3.74. The molecule has 0 atom stereocenters. The van der Waals surface area contributed by atoms with E-state index in [9.17, 15) is 18.0 Å². The van der Waals surface area contributed by atoms with Crippen molar-refractivity contribution in [3.8, 4) is 0 Å². The summed E-state index contributed by atoms with van der Waals surface area (Å²) in [5.41, 5.74) is 2.59. The van der Waals surface area contributed by atoms with Crippen LogP contribution in [0.15, 0.2) is 71.8 Å². The zero-order valence-electron chi connectivity index (χ0n) is 16.4. The van der Waals surface area contributed by atoms with Crippen molar-refractivity contribution in [2.75, 3.05) is 11.4 Å². The van der Waals surface area contributed by atoms with E-state index in [0.29, 0.717) is 11.3 Å². The first-order chi connectivity index (χ1) is 14.3. The summed E-state index contributed by atoms with van der Waals surface area (Å²) >= 11 is 0. The third kappa shape index (κ3) is 3.35. The second kappa shape index (κ2) is 7.38. The van der Waals surface area contributed by atoms with Crippen molar-refractivity contribution in [3.63, 3.8) is 0 Å². The van der Waals surface area contributed by atoms with Crippen LogP contribution in [0, 0.1) is 6.92 Å². The molecular weight excluding hydrogens is 402 g/mol. The van der Waals surface area contributed by atoms with Crippen LogP contribution in [-0.2, 0) is 16.6 Å². The topological polar surface area (TPSA) is 87.7 Å². The molecule has 0 N–H and O–H groups in total. The fourth-order valence-electron chi connectivity index (χ4n) is 3.33. The van der Waals surface area contributed by atoms with E-state index in [0.717, 1.165) is 10.5 Å². The van der Waals surface area contributed by atoms with Crippen LogP contribution in [0.1, 0.15) is 32.0 Å². The monoisotopic (exact) mass is 421 g/mol. The van der Waals surface area contributed by atoms with Gasteiger partial charge in [-0.25, -0.2) is 8.42 Å². The van der Waals surface area contributed by atoms with E-state index in [4.69, 9.17) is 0 Å². The first kappa shape index (κ1) is 19.8. The maximum absolute atomic E-state index is 13.0. The lowest BCUT2D eigenvalue weighted by Gasteiger charge is -2.20. The summed E-state index contributed by atoms with van der Waals surface area (Å²) in [5.74, 6) is -0.856. The van der Waals surface area contributed by atoms with Gasteiger partial charge in [0.1, 0.15) is 5.69 Å². The molecular formula is C22H19N3O4S. The van der Waals surface area contributed by atoms with E-state index in [2.05, 4.69) is 4.98 Å². The van der Waals surface area contributed by atoms with Gasteiger partial charge in [0.25, 0.3) is 21.8 Å². The molecule has 0 fully saturated rings. The number of hydrogen-bond donors (Lipinski definition) is 0. The molecule has 2 heterocycles. The molecule has 0 radical (unpaired) electrons. The highest BCUT2D eigenvalue weighted by Gasteiger charge is 2.36. The first-order valence-electron chi connectivity index (χ1n) is 9.25. The molecule has 8 heteroatoms. The van der Waals surface area contributed by atoms with Crippen LogP contribution in [0.5, 0.6) is 0 Å². The molecule has 3 aromatic rings. The molecule has 2 aromatic carbocycles. The van der Waals surface area contributed by atoms with Crippen LogP contribution in [0.25, 0.3) is 0 Å². The normalized spacial score (nSPS) is 13.5. The Bertz CT molecular complexity index is 1220. The molecule has 0 saturated carbocycles. The first-order valence-corrected chi connectivity index (χ1v) is 10.7. The average Bonchev–Trinajstić information content (AvgIpc) is 2.99. The standard InChI is InChI=1S/C22H19N3O4S/c1-15-5-3-6-17(13-15)24(2)30(28,29)18-10-8-16(9-11-18)14-25-21(26)19-7-4-12-23-20(19)22(25)27/h3-13H,14H2,1-2H3. The number of nitrogens with zero attached hydrogens (tertiary/aromatic N) is 3. The van der Waals surface area contributed by atoms with Gasteiger partial charge in [0.05, 0.1) is 22.7 Å². The van der Waals surface area contributed by atoms with Crippen molar-refractivity contribution in [2.24, 2.45) is 0 Å². The van der Waals surface area contributed by atoms with Gasteiger partial charge in [-0.3, -0.25) is 23.8 Å². The van der Waals surface area contributed by atoms with Crippen molar-refractivity contribution in [3.05, 3.63) is 89.2 Å². The van der Waals surface area contributed by atoms with Gasteiger partial charge >= 0.3 is 0 Å². The molecule has 30 heavy (non-hydrogen) atoms. The van der Waals surface area contributed by atoms with E-state index in [1.807, 2.05) is 13.0 Å². The van der Waals surface area contributed by atoms with E-state index in [-0.39, 0.29) is 22.7 Å². The Morgan fingerprint density at radius 3 is 2.37 bits per heavy atom. The number of sulfonamides is 1. The molecule has 1 aromatic heterocycles. The van der Waals surface area contributed by atoms with E-state index < -0.39 is 21.8 Å². The summed E-state index contributed by atoms with van der Waals surface area (Å²) in [4.78, 5) is 30.1. The number of rotatable bonds is 5. The number of fused-ring (bicyclic) bond motifs is 1. The van der Waals surface area contributed by atoms with Gasteiger partial charge in [-0.2, -0.15) is 0 Å². The summed E-state index contributed by atoms with van der Waals surface area (Å²) in [6.07, 6.45) is 1.47. The number of benzene rings is 2. The number of pyridine rings is 1. The highest BCUT2D eigenvalue weighted by atomic mass is 32.2. The van der Waals surface area contributed by atoms with Gasteiger partial charge in [-0.1, -0.05) is 24.3 Å². The SMILES string of the molecule is Cc1cccc(N(C)S(=O)(=O)c2ccc(CN3C(=O)c4cccnc4C3=O)cc2)c1. The van der Waals surface area contributed by atoms with Crippen LogP contribution < -0.4 is 4.31 Å². The van der Waals surface area contributed by atoms with E-state index in [1.54, 1.807) is 42.5 Å². The van der Waals surface area contributed by atoms with Crippen molar-refractivity contribution in [1.82, 2.24) is 9.88 Å². The number of anilines is 1. The maximum atomic E-state index is 13.0. The fourth-order valence-corrected chi connectivity index (χ4v) is 4.51. The number of imide groups is 1. The number of aryl methyl sites for hydroxylation is 1. The van der Waals surface area contributed by atoms with Crippen molar-refractivity contribution in [2.45, 2.75) is 18.4 Å². The molecule has 1 aliphatic rings. The summed E-state index contributed by atoms with van der Waals surface area (Å²) in [6, 6.07) is 16.6. The summed E-state index contributed by atoms with van der Waals surface area (Å²) < 4.78 is 27.1. The summed E-state index contributed by atoms with van der Waals surface area (Å²) in [5, 5.41) is 0. The van der Waals surface area contributed by atoms with Gasteiger partial charge in [0.2, 0.25) is 0 Å². The van der Waals surface area contributed by atoms with Crippen molar-refractivity contribution < 1.29 is 18.0 Å². The Hall–Kier alpha value is -3.52. The minimum Gasteiger partial charge on any atom is -0.269 e. The summed E-state index contributed by atoms with van der Waals surface area (Å²) in [6.45, 7) is 1.94. The number of amides is 2.